The topological polar surface area (TPSA) is 23.6 Å². The van der Waals surface area contributed by atoms with Gasteiger partial charge in [-0.15, -0.1) is 0 Å². The molecule has 1 aliphatic carbocycles. The van der Waals surface area contributed by atoms with E-state index in [1.165, 1.54) is 19.3 Å². The number of amides is 1. The summed E-state index contributed by atoms with van der Waals surface area (Å²) in [4.78, 5) is 15.7. The molecule has 14 heavy (non-hydrogen) atoms. The molecule has 0 spiro atoms. The fraction of sp³-hybridized carbons (Fsp3) is 0.909. The van der Waals surface area contributed by atoms with Gasteiger partial charge in [-0.05, 0) is 26.3 Å². The zero-order chi connectivity index (χ0) is 10.1. The van der Waals surface area contributed by atoms with E-state index in [2.05, 4.69) is 11.9 Å². The van der Waals surface area contributed by atoms with Crippen molar-refractivity contribution in [3.8, 4) is 0 Å². The second-order valence-corrected chi connectivity index (χ2v) is 4.72. The van der Waals surface area contributed by atoms with Crippen molar-refractivity contribution in [2.45, 2.75) is 44.2 Å². The molecular weight excluding hydrogens is 176 g/mol. The lowest BCUT2D eigenvalue weighted by Gasteiger charge is -2.37. The number of likely N-dealkylation sites (N-methyl/N-ethyl adjacent to an activating group) is 2. The van der Waals surface area contributed by atoms with Crippen LogP contribution < -0.4 is 0 Å². The highest BCUT2D eigenvalue weighted by Gasteiger charge is 2.31. The third-order valence-corrected chi connectivity index (χ3v) is 3.83. The summed E-state index contributed by atoms with van der Waals surface area (Å²) in [5.74, 6) is 0.317. The normalized spacial score (nSPS) is 28.6. The molecule has 1 heterocycles. The highest BCUT2D eigenvalue weighted by molar-refractivity contribution is 5.78. The van der Waals surface area contributed by atoms with Crippen LogP contribution in [0.4, 0.5) is 0 Å². The minimum Gasteiger partial charge on any atom is -0.341 e. The van der Waals surface area contributed by atoms with Crippen molar-refractivity contribution >= 4 is 5.91 Å². The maximum atomic E-state index is 11.3. The number of hydrogen-bond acceptors (Lipinski definition) is 2. The standard InChI is InChI=1S/C11H20N2O/c1-12(9-4-3-5-9)8-10-6-7-11(14)13(10)2/h9-10H,3-8H2,1-2H3. The van der Waals surface area contributed by atoms with E-state index in [0.29, 0.717) is 11.9 Å². The van der Waals surface area contributed by atoms with E-state index in [0.717, 1.165) is 25.4 Å². The quantitative estimate of drug-likeness (QED) is 0.674. The molecule has 0 radical (unpaired) electrons. The van der Waals surface area contributed by atoms with E-state index in [1.807, 2.05) is 11.9 Å². The summed E-state index contributed by atoms with van der Waals surface area (Å²) in [7, 11) is 4.13. The third kappa shape index (κ3) is 1.78. The zero-order valence-electron chi connectivity index (χ0n) is 9.20. The highest BCUT2D eigenvalue weighted by atomic mass is 16.2. The van der Waals surface area contributed by atoms with Crippen LogP contribution in [-0.2, 0) is 4.79 Å². The second-order valence-electron chi connectivity index (χ2n) is 4.72. The van der Waals surface area contributed by atoms with Crippen LogP contribution in [0, 0.1) is 0 Å². The molecular formula is C11H20N2O. The molecule has 0 aromatic rings. The van der Waals surface area contributed by atoms with Crippen molar-refractivity contribution < 1.29 is 4.79 Å². The SMILES string of the molecule is CN(CC1CCC(=O)N1C)C1CCC1. The van der Waals surface area contributed by atoms with Gasteiger partial charge in [-0.1, -0.05) is 6.42 Å². The molecule has 1 aliphatic heterocycles. The van der Waals surface area contributed by atoms with Crippen LogP contribution in [0.5, 0.6) is 0 Å². The van der Waals surface area contributed by atoms with Crippen molar-refractivity contribution in [3.05, 3.63) is 0 Å². The van der Waals surface area contributed by atoms with E-state index in [9.17, 15) is 4.79 Å². The molecule has 80 valence electrons. The molecule has 2 aliphatic rings. The molecule has 1 saturated heterocycles. The van der Waals surface area contributed by atoms with Crippen molar-refractivity contribution in [1.29, 1.82) is 0 Å². The Hall–Kier alpha value is -0.570. The van der Waals surface area contributed by atoms with Crippen LogP contribution in [-0.4, -0.2) is 48.4 Å². The van der Waals surface area contributed by atoms with Crippen molar-refractivity contribution in [1.82, 2.24) is 9.80 Å². The number of carbonyl (C=O) groups excluding carboxylic acids is 1. The average Bonchev–Trinajstić information content (AvgIpc) is 2.33. The molecule has 1 amide bonds. The van der Waals surface area contributed by atoms with Crippen LogP contribution in [0.1, 0.15) is 32.1 Å². The minimum atomic E-state index is 0.317. The Morgan fingerprint density at radius 1 is 1.43 bits per heavy atom. The van der Waals surface area contributed by atoms with Gasteiger partial charge in [-0.3, -0.25) is 4.79 Å². The van der Waals surface area contributed by atoms with Gasteiger partial charge in [0.1, 0.15) is 0 Å². The van der Waals surface area contributed by atoms with Crippen LogP contribution in [0.15, 0.2) is 0 Å². The molecule has 0 aromatic carbocycles. The lowest BCUT2D eigenvalue weighted by molar-refractivity contribution is -0.127. The predicted octanol–water partition coefficient (Wildman–Crippen LogP) is 1.09. The number of carbonyl (C=O) groups is 1. The summed E-state index contributed by atoms with van der Waals surface area (Å²) in [6, 6.07) is 1.26. The first kappa shape index (κ1) is 9.97. The van der Waals surface area contributed by atoms with Gasteiger partial charge in [0.15, 0.2) is 0 Å². The van der Waals surface area contributed by atoms with E-state index in [-0.39, 0.29) is 0 Å². The van der Waals surface area contributed by atoms with Crippen molar-refractivity contribution in [2.24, 2.45) is 0 Å². The van der Waals surface area contributed by atoms with Crippen molar-refractivity contribution in [3.63, 3.8) is 0 Å². The Balaban J connectivity index is 1.81. The molecule has 2 rings (SSSR count). The second kappa shape index (κ2) is 3.89. The number of likely N-dealkylation sites (tertiary alicyclic amines) is 1. The van der Waals surface area contributed by atoms with Gasteiger partial charge in [0.25, 0.3) is 0 Å². The van der Waals surface area contributed by atoms with E-state index < -0.39 is 0 Å². The third-order valence-electron chi connectivity index (χ3n) is 3.83. The molecule has 1 unspecified atom stereocenters. The summed E-state index contributed by atoms with van der Waals surface area (Å²) >= 11 is 0. The summed E-state index contributed by atoms with van der Waals surface area (Å²) in [5, 5.41) is 0. The van der Waals surface area contributed by atoms with Crippen LogP contribution >= 0.6 is 0 Å². The average molecular weight is 196 g/mol. The van der Waals surface area contributed by atoms with Gasteiger partial charge in [0, 0.05) is 32.1 Å². The maximum Gasteiger partial charge on any atom is 0.222 e. The van der Waals surface area contributed by atoms with Gasteiger partial charge in [-0.25, -0.2) is 0 Å². The first-order chi connectivity index (χ1) is 6.68. The van der Waals surface area contributed by atoms with Gasteiger partial charge in [0.05, 0.1) is 0 Å². The molecule has 1 atom stereocenters. The Bertz CT molecular complexity index is 225. The monoisotopic (exact) mass is 196 g/mol. The van der Waals surface area contributed by atoms with E-state index >= 15 is 0 Å². The number of rotatable bonds is 3. The molecule has 0 N–H and O–H groups in total. The van der Waals surface area contributed by atoms with Crippen LogP contribution in [0.25, 0.3) is 0 Å². The van der Waals surface area contributed by atoms with Gasteiger partial charge in [0.2, 0.25) is 5.91 Å². The predicted molar refractivity (Wildman–Crippen MR) is 56.1 cm³/mol. The van der Waals surface area contributed by atoms with Gasteiger partial charge >= 0.3 is 0 Å². The Morgan fingerprint density at radius 3 is 2.57 bits per heavy atom. The fourth-order valence-corrected chi connectivity index (χ4v) is 2.39. The first-order valence-electron chi connectivity index (χ1n) is 5.64. The summed E-state index contributed by atoms with van der Waals surface area (Å²) in [5.41, 5.74) is 0. The van der Waals surface area contributed by atoms with Crippen LogP contribution in [0.3, 0.4) is 0 Å². The molecule has 1 saturated carbocycles. The first-order valence-corrected chi connectivity index (χ1v) is 5.64. The van der Waals surface area contributed by atoms with Crippen LogP contribution in [0.2, 0.25) is 0 Å². The Kier molecular flexibility index (Phi) is 2.77. The fourth-order valence-electron chi connectivity index (χ4n) is 2.39. The number of nitrogens with zero attached hydrogens (tertiary/aromatic N) is 2. The highest BCUT2D eigenvalue weighted by Crippen LogP contribution is 2.25. The molecule has 0 aromatic heterocycles. The lowest BCUT2D eigenvalue weighted by atomic mass is 9.91. The summed E-state index contributed by atoms with van der Waals surface area (Å²) in [6.07, 6.45) is 5.88. The Morgan fingerprint density at radius 2 is 2.14 bits per heavy atom. The molecule has 3 heteroatoms. The summed E-state index contributed by atoms with van der Waals surface area (Å²) in [6.45, 7) is 1.06. The largest absolute Gasteiger partial charge is 0.341 e. The molecule has 0 bridgehead atoms. The zero-order valence-corrected chi connectivity index (χ0v) is 9.20. The smallest absolute Gasteiger partial charge is 0.222 e. The van der Waals surface area contributed by atoms with E-state index in [4.69, 9.17) is 0 Å². The lowest BCUT2D eigenvalue weighted by Crippen LogP contribution is -2.45. The Labute approximate surface area is 86.1 Å². The molecule has 2 fully saturated rings. The van der Waals surface area contributed by atoms with Gasteiger partial charge < -0.3 is 9.80 Å². The van der Waals surface area contributed by atoms with Crippen molar-refractivity contribution in [2.75, 3.05) is 20.6 Å². The molecule has 3 nitrogen and oxygen atoms in total. The minimum absolute atomic E-state index is 0.317. The maximum absolute atomic E-state index is 11.3. The van der Waals surface area contributed by atoms with E-state index in [1.54, 1.807) is 0 Å². The number of hydrogen-bond donors (Lipinski definition) is 0. The van der Waals surface area contributed by atoms with Gasteiger partial charge in [-0.2, -0.15) is 0 Å². The summed E-state index contributed by atoms with van der Waals surface area (Å²) < 4.78 is 0.